The fourth-order valence-corrected chi connectivity index (χ4v) is 1.98. The van der Waals surface area contributed by atoms with Crippen LogP contribution in [0.4, 0.5) is 5.69 Å². The van der Waals surface area contributed by atoms with Crippen molar-refractivity contribution in [3.63, 3.8) is 0 Å². The van der Waals surface area contributed by atoms with E-state index in [1.54, 1.807) is 31.2 Å². The molecule has 0 unspecified atom stereocenters. The van der Waals surface area contributed by atoms with Crippen LogP contribution in [0.5, 0.6) is 0 Å². The zero-order chi connectivity index (χ0) is 15.4. The predicted molar refractivity (Wildman–Crippen MR) is 79.7 cm³/mol. The number of methoxy groups -OCH3 is 1. The second kappa shape index (κ2) is 6.37. The van der Waals surface area contributed by atoms with Gasteiger partial charge in [0.2, 0.25) is 0 Å². The smallest absolute Gasteiger partial charge is 0.338 e. The largest absolute Gasteiger partial charge is 0.465 e. The van der Waals surface area contributed by atoms with Gasteiger partial charge in [-0.25, -0.2) is 4.79 Å². The number of hydrogen-bond donors (Lipinski definition) is 1. The standard InChI is InChI=1S/C15H13ClN2O3/c1-9-11(15(20)21-2)4-3-5-12(9)18-14(19)13-8-10(16)6-7-17-13/h3-8H,1-2H3,(H,18,19). The highest BCUT2D eigenvalue weighted by molar-refractivity contribution is 6.31. The van der Waals surface area contributed by atoms with E-state index in [9.17, 15) is 9.59 Å². The Hall–Kier alpha value is -2.40. The van der Waals surface area contributed by atoms with E-state index in [0.29, 0.717) is 21.8 Å². The lowest BCUT2D eigenvalue weighted by Crippen LogP contribution is -2.15. The molecule has 0 aliphatic carbocycles. The van der Waals surface area contributed by atoms with Crippen LogP contribution in [-0.2, 0) is 4.74 Å². The van der Waals surface area contributed by atoms with Crippen molar-refractivity contribution in [3.8, 4) is 0 Å². The molecule has 2 aromatic rings. The van der Waals surface area contributed by atoms with Crippen molar-refractivity contribution in [2.24, 2.45) is 0 Å². The van der Waals surface area contributed by atoms with Crippen LogP contribution in [0.15, 0.2) is 36.5 Å². The van der Waals surface area contributed by atoms with Gasteiger partial charge in [-0.1, -0.05) is 17.7 Å². The first kappa shape index (κ1) is 15.0. The van der Waals surface area contributed by atoms with E-state index in [1.165, 1.54) is 19.4 Å². The third kappa shape index (κ3) is 3.38. The Morgan fingerprint density at radius 1 is 1.29 bits per heavy atom. The molecular weight excluding hydrogens is 292 g/mol. The lowest BCUT2D eigenvalue weighted by atomic mass is 10.1. The molecule has 0 saturated carbocycles. The van der Waals surface area contributed by atoms with Gasteiger partial charge < -0.3 is 10.1 Å². The number of halogens is 1. The molecule has 1 aromatic heterocycles. The highest BCUT2D eigenvalue weighted by Crippen LogP contribution is 2.20. The molecule has 0 radical (unpaired) electrons. The lowest BCUT2D eigenvalue weighted by molar-refractivity contribution is 0.0599. The first-order valence-electron chi connectivity index (χ1n) is 6.13. The minimum absolute atomic E-state index is 0.199. The highest BCUT2D eigenvalue weighted by Gasteiger charge is 2.14. The van der Waals surface area contributed by atoms with Gasteiger partial charge in [-0.05, 0) is 36.8 Å². The van der Waals surface area contributed by atoms with Crippen molar-refractivity contribution in [1.82, 2.24) is 4.98 Å². The van der Waals surface area contributed by atoms with E-state index in [4.69, 9.17) is 16.3 Å². The number of nitrogens with one attached hydrogen (secondary N) is 1. The Bertz CT molecular complexity index is 701. The molecule has 108 valence electrons. The Kier molecular flexibility index (Phi) is 4.55. The lowest BCUT2D eigenvalue weighted by Gasteiger charge is -2.11. The molecule has 1 heterocycles. The van der Waals surface area contributed by atoms with E-state index < -0.39 is 11.9 Å². The van der Waals surface area contributed by atoms with Gasteiger partial charge in [0, 0.05) is 16.9 Å². The van der Waals surface area contributed by atoms with Gasteiger partial charge in [-0.3, -0.25) is 9.78 Å². The molecule has 0 aliphatic rings. The fourth-order valence-electron chi connectivity index (χ4n) is 1.82. The van der Waals surface area contributed by atoms with Gasteiger partial charge in [0.05, 0.1) is 12.7 Å². The summed E-state index contributed by atoms with van der Waals surface area (Å²) in [6.07, 6.45) is 1.45. The summed E-state index contributed by atoms with van der Waals surface area (Å²) >= 11 is 5.83. The number of hydrogen-bond acceptors (Lipinski definition) is 4. The van der Waals surface area contributed by atoms with Crippen LogP contribution < -0.4 is 5.32 Å². The van der Waals surface area contributed by atoms with Gasteiger partial charge >= 0.3 is 5.97 Å². The number of pyridine rings is 1. The van der Waals surface area contributed by atoms with Crippen molar-refractivity contribution in [2.45, 2.75) is 6.92 Å². The molecule has 2 rings (SSSR count). The minimum Gasteiger partial charge on any atom is -0.465 e. The highest BCUT2D eigenvalue weighted by atomic mass is 35.5. The van der Waals surface area contributed by atoms with Gasteiger partial charge in [-0.2, -0.15) is 0 Å². The Morgan fingerprint density at radius 3 is 2.71 bits per heavy atom. The van der Waals surface area contributed by atoms with Crippen LogP contribution in [0.2, 0.25) is 5.02 Å². The number of ether oxygens (including phenoxy) is 1. The molecule has 0 aliphatic heterocycles. The zero-order valence-corrected chi connectivity index (χ0v) is 12.3. The molecule has 1 N–H and O–H groups in total. The molecule has 0 saturated heterocycles. The molecule has 0 atom stereocenters. The summed E-state index contributed by atoms with van der Waals surface area (Å²) < 4.78 is 4.70. The van der Waals surface area contributed by atoms with E-state index in [2.05, 4.69) is 10.3 Å². The maximum Gasteiger partial charge on any atom is 0.338 e. The van der Waals surface area contributed by atoms with Crippen LogP contribution in [0.25, 0.3) is 0 Å². The number of esters is 1. The summed E-state index contributed by atoms with van der Waals surface area (Å²) in [5.41, 5.74) is 1.74. The number of rotatable bonds is 3. The van der Waals surface area contributed by atoms with Crippen LogP contribution in [-0.4, -0.2) is 24.0 Å². The molecule has 0 bridgehead atoms. The van der Waals surface area contributed by atoms with Gasteiger partial charge in [0.15, 0.2) is 0 Å². The average molecular weight is 305 g/mol. The first-order chi connectivity index (χ1) is 10.0. The van der Waals surface area contributed by atoms with Crippen LogP contribution >= 0.6 is 11.6 Å². The second-order valence-corrected chi connectivity index (χ2v) is 4.72. The molecule has 0 fully saturated rings. The van der Waals surface area contributed by atoms with Crippen molar-refractivity contribution < 1.29 is 14.3 Å². The van der Waals surface area contributed by atoms with Gasteiger partial charge in [0.1, 0.15) is 5.69 Å². The predicted octanol–water partition coefficient (Wildman–Crippen LogP) is 3.08. The normalized spacial score (nSPS) is 10.0. The zero-order valence-electron chi connectivity index (χ0n) is 11.5. The number of benzene rings is 1. The minimum atomic E-state index is -0.454. The quantitative estimate of drug-likeness (QED) is 0.885. The van der Waals surface area contributed by atoms with E-state index in [-0.39, 0.29) is 5.69 Å². The Morgan fingerprint density at radius 2 is 2.05 bits per heavy atom. The van der Waals surface area contributed by atoms with Crippen LogP contribution in [0.1, 0.15) is 26.4 Å². The van der Waals surface area contributed by atoms with Crippen LogP contribution in [0.3, 0.4) is 0 Å². The third-order valence-electron chi connectivity index (χ3n) is 2.94. The van der Waals surface area contributed by atoms with Crippen molar-refractivity contribution >= 4 is 29.2 Å². The monoisotopic (exact) mass is 304 g/mol. The van der Waals surface area contributed by atoms with E-state index in [1.807, 2.05) is 0 Å². The second-order valence-electron chi connectivity index (χ2n) is 4.28. The molecule has 0 spiro atoms. The van der Waals surface area contributed by atoms with Gasteiger partial charge in [0.25, 0.3) is 5.91 Å². The van der Waals surface area contributed by atoms with Crippen molar-refractivity contribution in [3.05, 3.63) is 58.4 Å². The SMILES string of the molecule is COC(=O)c1cccc(NC(=O)c2cc(Cl)ccn2)c1C. The summed E-state index contributed by atoms with van der Waals surface area (Å²) in [5.74, 6) is -0.855. The number of carbonyl (C=O) groups excluding carboxylic acids is 2. The molecule has 21 heavy (non-hydrogen) atoms. The maximum atomic E-state index is 12.1. The number of carbonyl (C=O) groups is 2. The fraction of sp³-hybridized carbons (Fsp3) is 0.133. The summed E-state index contributed by atoms with van der Waals surface area (Å²) in [5, 5.41) is 3.13. The number of amides is 1. The topological polar surface area (TPSA) is 68.3 Å². The van der Waals surface area contributed by atoms with Crippen molar-refractivity contribution in [2.75, 3.05) is 12.4 Å². The van der Waals surface area contributed by atoms with E-state index in [0.717, 1.165) is 0 Å². The molecule has 5 nitrogen and oxygen atoms in total. The van der Waals surface area contributed by atoms with Crippen molar-refractivity contribution in [1.29, 1.82) is 0 Å². The van der Waals surface area contributed by atoms with Crippen LogP contribution in [0, 0.1) is 6.92 Å². The molecule has 6 heteroatoms. The summed E-state index contributed by atoms with van der Waals surface area (Å²) in [7, 11) is 1.31. The summed E-state index contributed by atoms with van der Waals surface area (Å²) in [6, 6.07) is 8.05. The number of anilines is 1. The molecule has 1 aromatic carbocycles. The number of aromatic nitrogens is 1. The molecule has 1 amide bonds. The summed E-state index contributed by atoms with van der Waals surface area (Å²) in [4.78, 5) is 27.7. The number of nitrogens with zero attached hydrogens (tertiary/aromatic N) is 1. The van der Waals surface area contributed by atoms with Gasteiger partial charge in [-0.15, -0.1) is 0 Å². The molecular formula is C15H13ClN2O3. The Balaban J connectivity index is 2.28. The third-order valence-corrected chi connectivity index (χ3v) is 3.18. The first-order valence-corrected chi connectivity index (χ1v) is 6.51. The Labute approximate surface area is 126 Å². The van der Waals surface area contributed by atoms with E-state index >= 15 is 0 Å². The summed E-state index contributed by atoms with van der Waals surface area (Å²) in [6.45, 7) is 1.73. The maximum absolute atomic E-state index is 12.1. The average Bonchev–Trinajstić information content (AvgIpc) is 2.48.